The quantitative estimate of drug-likeness (QED) is 0.620. The predicted molar refractivity (Wildman–Crippen MR) is 124 cm³/mol. The molecule has 0 radical (unpaired) electrons. The molecule has 1 heterocycles. The fourth-order valence-electron chi connectivity index (χ4n) is 3.46. The van der Waals surface area contributed by atoms with Gasteiger partial charge in [0.05, 0.1) is 17.8 Å². The number of carbonyl (C=O) groups excluding carboxylic acids is 3. The number of amides is 3. The van der Waals surface area contributed by atoms with Crippen LogP contribution in [0.4, 0.5) is 10.1 Å². The van der Waals surface area contributed by atoms with Gasteiger partial charge < -0.3 is 15.5 Å². The molecule has 170 valence electrons. The number of nitrogens with zero attached hydrogens (tertiary/aromatic N) is 1. The van der Waals surface area contributed by atoms with Crippen LogP contribution in [0, 0.1) is 12.7 Å². The Morgan fingerprint density at radius 2 is 1.94 bits per heavy atom. The minimum absolute atomic E-state index is 0.0971. The molecule has 0 aromatic heterocycles. The molecule has 32 heavy (non-hydrogen) atoms. The van der Waals surface area contributed by atoms with Crippen molar-refractivity contribution in [1.29, 1.82) is 0 Å². The van der Waals surface area contributed by atoms with Crippen LogP contribution in [0.5, 0.6) is 0 Å². The molecule has 0 fully saturated rings. The third-order valence-corrected chi connectivity index (χ3v) is 6.35. The third-order valence-electron chi connectivity index (χ3n) is 5.21. The zero-order valence-corrected chi connectivity index (χ0v) is 19.4. The van der Waals surface area contributed by atoms with Gasteiger partial charge in [0, 0.05) is 24.1 Å². The summed E-state index contributed by atoms with van der Waals surface area (Å²) >= 11 is 1.29. The molecule has 0 spiro atoms. The lowest BCUT2D eigenvalue weighted by molar-refractivity contribution is -0.126. The van der Waals surface area contributed by atoms with Crippen LogP contribution in [0.2, 0.25) is 0 Å². The minimum atomic E-state index is -0.750. The highest BCUT2D eigenvalue weighted by molar-refractivity contribution is 7.99. The second-order valence-electron chi connectivity index (χ2n) is 7.88. The van der Waals surface area contributed by atoms with E-state index in [9.17, 15) is 18.8 Å². The number of aryl methyl sites for hydroxylation is 1. The van der Waals surface area contributed by atoms with Crippen LogP contribution < -0.4 is 15.5 Å². The molecule has 1 aliphatic heterocycles. The summed E-state index contributed by atoms with van der Waals surface area (Å²) in [4.78, 5) is 39.7. The average molecular weight is 458 g/mol. The molecule has 0 saturated heterocycles. The Balaban J connectivity index is 2.01. The van der Waals surface area contributed by atoms with Crippen molar-refractivity contribution in [2.75, 3.05) is 17.2 Å². The Kier molecular flexibility index (Phi) is 7.90. The van der Waals surface area contributed by atoms with Crippen LogP contribution in [0.25, 0.3) is 0 Å². The van der Waals surface area contributed by atoms with Crippen LogP contribution in [-0.2, 0) is 16.1 Å². The Hall–Kier alpha value is -2.87. The SMILES string of the molecule is CCCCNC(=O)c1cc2c(cc1F)SC[C@H](NC(C)=O)C(=O)N2Cc1ccc(C)cc1. The fraction of sp³-hybridized carbons (Fsp3) is 0.375. The van der Waals surface area contributed by atoms with E-state index >= 15 is 0 Å². The molecule has 8 heteroatoms. The molecule has 0 unspecified atom stereocenters. The van der Waals surface area contributed by atoms with Gasteiger partial charge in [-0.05, 0) is 31.0 Å². The van der Waals surface area contributed by atoms with E-state index in [4.69, 9.17) is 0 Å². The van der Waals surface area contributed by atoms with Gasteiger partial charge in [0.1, 0.15) is 11.9 Å². The number of hydrogen-bond donors (Lipinski definition) is 2. The van der Waals surface area contributed by atoms with Crippen LogP contribution in [0.3, 0.4) is 0 Å². The maximum Gasteiger partial charge on any atom is 0.254 e. The molecule has 1 aliphatic rings. The lowest BCUT2D eigenvalue weighted by Crippen LogP contribution is -2.48. The van der Waals surface area contributed by atoms with Crippen molar-refractivity contribution in [3.63, 3.8) is 0 Å². The summed E-state index contributed by atoms with van der Waals surface area (Å²) < 4.78 is 14.8. The van der Waals surface area contributed by atoms with Crippen LogP contribution >= 0.6 is 11.8 Å². The lowest BCUT2D eigenvalue weighted by atomic mass is 10.1. The number of anilines is 1. The summed E-state index contributed by atoms with van der Waals surface area (Å²) in [5, 5.41) is 5.43. The van der Waals surface area contributed by atoms with Crippen molar-refractivity contribution >= 4 is 35.2 Å². The number of unbranched alkanes of at least 4 members (excludes halogenated alkanes) is 1. The number of carbonyl (C=O) groups is 3. The van der Waals surface area contributed by atoms with Gasteiger partial charge in [0.25, 0.3) is 11.8 Å². The number of nitrogens with one attached hydrogen (secondary N) is 2. The van der Waals surface area contributed by atoms with Gasteiger partial charge in [-0.3, -0.25) is 14.4 Å². The predicted octanol–water partition coefficient (Wildman–Crippen LogP) is 3.81. The molecule has 6 nitrogen and oxygen atoms in total. The maximum atomic E-state index is 14.8. The smallest absolute Gasteiger partial charge is 0.254 e. The summed E-state index contributed by atoms with van der Waals surface area (Å²) in [6.07, 6.45) is 1.71. The van der Waals surface area contributed by atoms with Gasteiger partial charge in [-0.1, -0.05) is 43.2 Å². The standard InChI is InChI=1S/C24H28FN3O3S/c1-4-5-10-26-23(30)18-11-21-22(12-19(18)25)32-14-20(27-16(3)29)24(31)28(21)13-17-8-6-15(2)7-9-17/h6-9,11-12,20H,4-5,10,13-14H2,1-3H3,(H,26,30)(H,27,29)/t20-/m0/s1. The zero-order chi connectivity index (χ0) is 23.3. The van der Waals surface area contributed by atoms with Crippen molar-refractivity contribution < 1.29 is 18.8 Å². The van der Waals surface area contributed by atoms with Crippen molar-refractivity contribution in [1.82, 2.24) is 10.6 Å². The number of halogens is 1. The van der Waals surface area contributed by atoms with Crippen LogP contribution in [0.1, 0.15) is 48.2 Å². The first-order valence-electron chi connectivity index (χ1n) is 10.7. The van der Waals surface area contributed by atoms with Gasteiger partial charge in [-0.25, -0.2) is 4.39 Å². The first-order chi connectivity index (χ1) is 15.3. The van der Waals surface area contributed by atoms with Crippen molar-refractivity contribution in [2.45, 2.75) is 51.1 Å². The molecule has 2 aromatic rings. The minimum Gasteiger partial charge on any atom is -0.352 e. The topological polar surface area (TPSA) is 78.5 Å². The number of thioether (sulfide) groups is 1. The van der Waals surface area contributed by atoms with E-state index in [1.807, 2.05) is 38.1 Å². The Morgan fingerprint density at radius 3 is 2.59 bits per heavy atom. The Labute approximate surface area is 191 Å². The largest absolute Gasteiger partial charge is 0.352 e. The summed E-state index contributed by atoms with van der Waals surface area (Å²) in [6, 6.07) is 9.76. The third kappa shape index (κ3) is 5.68. The Morgan fingerprint density at radius 1 is 1.22 bits per heavy atom. The normalized spacial score (nSPS) is 15.7. The molecule has 0 bridgehead atoms. The van der Waals surface area contributed by atoms with E-state index in [2.05, 4.69) is 10.6 Å². The summed E-state index contributed by atoms with van der Waals surface area (Å²) in [7, 11) is 0. The first-order valence-corrected chi connectivity index (χ1v) is 11.7. The van der Waals surface area contributed by atoms with Crippen molar-refractivity contribution in [2.24, 2.45) is 0 Å². The summed E-state index contributed by atoms with van der Waals surface area (Å²) in [5.41, 5.74) is 2.35. The molecule has 0 saturated carbocycles. The molecule has 2 N–H and O–H groups in total. The highest BCUT2D eigenvalue weighted by Crippen LogP contribution is 2.37. The second-order valence-corrected chi connectivity index (χ2v) is 8.95. The van der Waals surface area contributed by atoms with E-state index in [1.165, 1.54) is 35.7 Å². The summed E-state index contributed by atoms with van der Waals surface area (Å²) in [6.45, 7) is 6.04. The highest BCUT2D eigenvalue weighted by atomic mass is 32.2. The van der Waals surface area contributed by atoms with Crippen LogP contribution in [-0.4, -0.2) is 36.1 Å². The van der Waals surface area contributed by atoms with Gasteiger partial charge in [0.15, 0.2) is 0 Å². The monoisotopic (exact) mass is 457 g/mol. The highest BCUT2D eigenvalue weighted by Gasteiger charge is 2.33. The lowest BCUT2D eigenvalue weighted by Gasteiger charge is -2.26. The van der Waals surface area contributed by atoms with E-state index in [0.29, 0.717) is 17.1 Å². The summed E-state index contributed by atoms with van der Waals surface area (Å²) in [5.74, 6) is -1.47. The zero-order valence-electron chi connectivity index (χ0n) is 18.5. The van der Waals surface area contributed by atoms with Gasteiger partial charge in [-0.15, -0.1) is 11.8 Å². The molecule has 3 amide bonds. The van der Waals surface area contributed by atoms with E-state index in [-0.39, 0.29) is 29.7 Å². The molecule has 3 rings (SSSR count). The average Bonchev–Trinajstić information content (AvgIpc) is 2.86. The molecule has 1 atom stereocenters. The number of fused-ring (bicyclic) bond motifs is 1. The molecule has 2 aromatic carbocycles. The van der Waals surface area contributed by atoms with Crippen molar-refractivity contribution in [3.05, 3.63) is 58.9 Å². The van der Waals surface area contributed by atoms with Crippen molar-refractivity contribution in [3.8, 4) is 0 Å². The number of benzene rings is 2. The van der Waals surface area contributed by atoms with Crippen LogP contribution in [0.15, 0.2) is 41.3 Å². The first kappa shape index (κ1) is 23.8. The fourth-order valence-corrected chi connectivity index (χ4v) is 4.53. The van der Waals surface area contributed by atoms with E-state index in [0.717, 1.165) is 24.0 Å². The van der Waals surface area contributed by atoms with Gasteiger partial charge in [0.2, 0.25) is 5.91 Å². The Bertz CT molecular complexity index is 1010. The molecular weight excluding hydrogens is 429 g/mol. The van der Waals surface area contributed by atoms with Gasteiger partial charge in [-0.2, -0.15) is 0 Å². The van der Waals surface area contributed by atoms with Gasteiger partial charge >= 0.3 is 0 Å². The van der Waals surface area contributed by atoms with E-state index in [1.54, 1.807) is 0 Å². The van der Waals surface area contributed by atoms with E-state index < -0.39 is 17.8 Å². The maximum absolute atomic E-state index is 14.8. The molecular formula is C24H28FN3O3S. The second kappa shape index (κ2) is 10.6. The number of rotatable bonds is 7. The molecule has 0 aliphatic carbocycles. The number of hydrogen-bond acceptors (Lipinski definition) is 4.